The van der Waals surface area contributed by atoms with Crippen molar-refractivity contribution in [2.24, 2.45) is 0 Å². The molecule has 2 nitrogen and oxygen atoms in total. The number of ether oxygens (including phenoxy) is 1. The molecule has 0 aliphatic heterocycles. The zero-order chi connectivity index (χ0) is 10.5. The summed E-state index contributed by atoms with van der Waals surface area (Å²) in [4.78, 5) is 0. The fourth-order valence-electron chi connectivity index (χ4n) is 1.43. The molecule has 0 aromatic rings. The molecule has 0 rings (SSSR count). The van der Waals surface area contributed by atoms with Crippen LogP contribution in [0, 0.1) is 0 Å². The molecule has 1 N–H and O–H groups in total. The van der Waals surface area contributed by atoms with Crippen LogP contribution in [0.3, 0.4) is 0 Å². The SMILES string of the molecule is CCCNCC(C)(C)OC(C)(C)C. The number of hydrogen-bond acceptors (Lipinski definition) is 2. The Hall–Kier alpha value is -0.0800. The van der Waals surface area contributed by atoms with Gasteiger partial charge in [-0.25, -0.2) is 0 Å². The van der Waals surface area contributed by atoms with Gasteiger partial charge in [-0.3, -0.25) is 0 Å². The van der Waals surface area contributed by atoms with Crippen LogP contribution in [-0.4, -0.2) is 24.3 Å². The molecule has 0 spiro atoms. The minimum Gasteiger partial charge on any atom is -0.369 e. The lowest BCUT2D eigenvalue weighted by molar-refractivity contribution is -0.110. The Morgan fingerprint density at radius 1 is 1.08 bits per heavy atom. The molecule has 0 radical (unpaired) electrons. The van der Waals surface area contributed by atoms with Crippen LogP contribution in [0.4, 0.5) is 0 Å². The Labute approximate surface area is 83.1 Å². The molecule has 0 aromatic heterocycles. The molecule has 0 bridgehead atoms. The van der Waals surface area contributed by atoms with Gasteiger partial charge in [0.2, 0.25) is 0 Å². The van der Waals surface area contributed by atoms with Crippen molar-refractivity contribution in [2.75, 3.05) is 13.1 Å². The van der Waals surface area contributed by atoms with Crippen LogP contribution in [0.2, 0.25) is 0 Å². The normalized spacial score (nSPS) is 13.4. The Morgan fingerprint density at radius 2 is 1.62 bits per heavy atom. The first-order chi connectivity index (χ1) is 5.77. The Bertz CT molecular complexity index is 136. The monoisotopic (exact) mass is 187 g/mol. The smallest absolute Gasteiger partial charge is 0.0757 e. The Balaban J connectivity index is 3.80. The van der Waals surface area contributed by atoms with Crippen LogP contribution in [0.5, 0.6) is 0 Å². The van der Waals surface area contributed by atoms with Gasteiger partial charge in [0.05, 0.1) is 11.2 Å². The molecule has 0 aliphatic carbocycles. The molecule has 0 atom stereocenters. The second-order valence-electron chi connectivity index (χ2n) is 5.15. The molecule has 0 heterocycles. The molecule has 0 fully saturated rings. The fraction of sp³-hybridized carbons (Fsp3) is 1.00. The van der Waals surface area contributed by atoms with Crippen molar-refractivity contribution in [3.05, 3.63) is 0 Å². The first kappa shape index (κ1) is 12.9. The number of nitrogens with one attached hydrogen (secondary N) is 1. The molecule has 0 aromatic carbocycles. The number of hydrogen-bond donors (Lipinski definition) is 1. The highest BCUT2D eigenvalue weighted by atomic mass is 16.5. The van der Waals surface area contributed by atoms with Crippen LogP contribution in [0.1, 0.15) is 48.0 Å². The summed E-state index contributed by atoms with van der Waals surface area (Å²) in [6.07, 6.45) is 1.17. The van der Waals surface area contributed by atoms with E-state index in [9.17, 15) is 0 Å². The quantitative estimate of drug-likeness (QED) is 0.668. The minimum atomic E-state index is -0.0760. The summed E-state index contributed by atoms with van der Waals surface area (Å²) in [5, 5.41) is 3.37. The van der Waals surface area contributed by atoms with Crippen molar-refractivity contribution in [2.45, 2.75) is 59.2 Å². The van der Waals surface area contributed by atoms with Crippen LogP contribution < -0.4 is 5.32 Å². The van der Waals surface area contributed by atoms with Gasteiger partial charge < -0.3 is 10.1 Å². The maximum absolute atomic E-state index is 5.91. The highest BCUT2D eigenvalue weighted by Gasteiger charge is 2.24. The van der Waals surface area contributed by atoms with Gasteiger partial charge in [0.15, 0.2) is 0 Å². The zero-order valence-corrected chi connectivity index (χ0v) is 10.0. The van der Waals surface area contributed by atoms with E-state index in [0.717, 1.165) is 13.1 Å². The lowest BCUT2D eigenvalue weighted by Crippen LogP contribution is -2.43. The Kier molecular flexibility index (Phi) is 4.93. The topological polar surface area (TPSA) is 21.3 Å². The first-order valence-electron chi connectivity index (χ1n) is 5.18. The summed E-state index contributed by atoms with van der Waals surface area (Å²) < 4.78 is 5.91. The van der Waals surface area contributed by atoms with Crippen molar-refractivity contribution in [1.82, 2.24) is 5.32 Å². The zero-order valence-electron chi connectivity index (χ0n) is 10.0. The summed E-state index contributed by atoms with van der Waals surface area (Å²) in [7, 11) is 0. The maximum atomic E-state index is 5.91. The van der Waals surface area contributed by atoms with Crippen molar-refractivity contribution in [3.63, 3.8) is 0 Å². The molecule has 0 aliphatic rings. The van der Waals surface area contributed by atoms with Crippen LogP contribution in [0.15, 0.2) is 0 Å². The van der Waals surface area contributed by atoms with Crippen molar-refractivity contribution < 1.29 is 4.74 Å². The van der Waals surface area contributed by atoms with Crippen molar-refractivity contribution in [1.29, 1.82) is 0 Å². The average molecular weight is 187 g/mol. The van der Waals surface area contributed by atoms with E-state index in [1.54, 1.807) is 0 Å². The maximum Gasteiger partial charge on any atom is 0.0757 e. The first-order valence-corrected chi connectivity index (χ1v) is 5.18. The van der Waals surface area contributed by atoms with Crippen LogP contribution >= 0.6 is 0 Å². The van der Waals surface area contributed by atoms with E-state index < -0.39 is 0 Å². The Morgan fingerprint density at radius 3 is 2.00 bits per heavy atom. The summed E-state index contributed by atoms with van der Waals surface area (Å²) >= 11 is 0. The van der Waals surface area contributed by atoms with E-state index in [1.807, 2.05) is 0 Å². The third-order valence-electron chi connectivity index (χ3n) is 1.56. The predicted molar refractivity (Wildman–Crippen MR) is 58.1 cm³/mol. The fourth-order valence-corrected chi connectivity index (χ4v) is 1.43. The van der Waals surface area contributed by atoms with Gasteiger partial charge in [-0.1, -0.05) is 6.92 Å². The lowest BCUT2D eigenvalue weighted by Gasteiger charge is -2.34. The van der Waals surface area contributed by atoms with E-state index in [0.29, 0.717) is 0 Å². The van der Waals surface area contributed by atoms with Crippen molar-refractivity contribution in [3.8, 4) is 0 Å². The molecular weight excluding hydrogens is 162 g/mol. The summed E-state index contributed by atoms with van der Waals surface area (Å²) in [5.74, 6) is 0. The van der Waals surface area contributed by atoms with Crippen molar-refractivity contribution >= 4 is 0 Å². The molecule has 80 valence electrons. The molecular formula is C11H25NO. The highest BCUT2D eigenvalue weighted by Crippen LogP contribution is 2.18. The molecule has 0 saturated heterocycles. The molecule has 0 unspecified atom stereocenters. The summed E-state index contributed by atoms with van der Waals surface area (Å²) in [6.45, 7) is 14.7. The van der Waals surface area contributed by atoms with Gasteiger partial charge in [-0.15, -0.1) is 0 Å². The van der Waals surface area contributed by atoms with E-state index >= 15 is 0 Å². The summed E-state index contributed by atoms with van der Waals surface area (Å²) in [6, 6.07) is 0. The van der Waals surface area contributed by atoms with Gasteiger partial charge in [-0.05, 0) is 47.6 Å². The van der Waals surface area contributed by atoms with Gasteiger partial charge in [0.25, 0.3) is 0 Å². The molecule has 13 heavy (non-hydrogen) atoms. The van der Waals surface area contributed by atoms with Crippen LogP contribution in [0.25, 0.3) is 0 Å². The standard InChI is InChI=1S/C11H25NO/c1-7-8-12-9-11(5,6)13-10(2,3)4/h12H,7-9H2,1-6H3. The second-order valence-corrected chi connectivity index (χ2v) is 5.15. The van der Waals surface area contributed by atoms with Gasteiger partial charge in [0, 0.05) is 6.54 Å². The third-order valence-corrected chi connectivity index (χ3v) is 1.56. The van der Waals surface area contributed by atoms with Crippen LogP contribution in [-0.2, 0) is 4.74 Å². The highest BCUT2D eigenvalue weighted by molar-refractivity contribution is 4.76. The molecule has 0 amide bonds. The van der Waals surface area contributed by atoms with E-state index in [1.165, 1.54) is 6.42 Å². The van der Waals surface area contributed by atoms with Gasteiger partial charge >= 0.3 is 0 Å². The number of rotatable bonds is 5. The van der Waals surface area contributed by atoms with E-state index in [-0.39, 0.29) is 11.2 Å². The average Bonchev–Trinajstić information content (AvgIpc) is 1.81. The summed E-state index contributed by atoms with van der Waals surface area (Å²) in [5.41, 5.74) is -0.134. The predicted octanol–water partition coefficient (Wildman–Crippen LogP) is 2.58. The third kappa shape index (κ3) is 8.26. The second kappa shape index (κ2) is 4.97. The lowest BCUT2D eigenvalue weighted by atomic mass is 10.1. The van der Waals surface area contributed by atoms with Gasteiger partial charge in [0.1, 0.15) is 0 Å². The molecule has 0 saturated carbocycles. The van der Waals surface area contributed by atoms with E-state index in [2.05, 4.69) is 46.9 Å². The van der Waals surface area contributed by atoms with Gasteiger partial charge in [-0.2, -0.15) is 0 Å². The van der Waals surface area contributed by atoms with E-state index in [4.69, 9.17) is 4.74 Å². The minimum absolute atomic E-state index is 0.0581. The largest absolute Gasteiger partial charge is 0.369 e. The molecule has 2 heteroatoms.